The van der Waals surface area contributed by atoms with E-state index in [9.17, 15) is 19.8 Å². The van der Waals surface area contributed by atoms with Gasteiger partial charge in [0.25, 0.3) is 0 Å². The normalized spacial score (nSPS) is 14.1. The Kier molecular flexibility index (Phi) is 15.6. The number of fused-ring (bicyclic) bond motifs is 1. The fourth-order valence-electron chi connectivity index (χ4n) is 7.56. The lowest BCUT2D eigenvalue weighted by Crippen LogP contribution is -2.26. The summed E-state index contributed by atoms with van der Waals surface area (Å²) in [5.41, 5.74) is 10.7. The highest BCUT2D eigenvalue weighted by Crippen LogP contribution is 2.35. The van der Waals surface area contributed by atoms with Crippen LogP contribution < -0.4 is 20.5 Å². The van der Waals surface area contributed by atoms with Gasteiger partial charge in [0.2, 0.25) is 11.8 Å². The molecule has 0 saturated carbocycles. The van der Waals surface area contributed by atoms with E-state index in [0.29, 0.717) is 61.4 Å². The van der Waals surface area contributed by atoms with Crippen LogP contribution >= 0.6 is 0 Å². The van der Waals surface area contributed by atoms with Crippen molar-refractivity contribution in [1.82, 2.24) is 51.2 Å². The number of tetrazole rings is 2. The molecule has 1 aliphatic heterocycles. The Bertz CT molecular complexity index is 2290. The van der Waals surface area contributed by atoms with Crippen LogP contribution in [0.1, 0.15) is 92.7 Å². The van der Waals surface area contributed by atoms with Gasteiger partial charge in [-0.2, -0.15) is 10.4 Å². The molecule has 4 aromatic heterocycles. The van der Waals surface area contributed by atoms with Crippen LogP contribution in [0, 0.1) is 23.7 Å². The summed E-state index contributed by atoms with van der Waals surface area (Å²) >= 11 is 0. The van der Waals surface area contributed by atoms with Crippen LogP contribution in [0.5, 0.6) is 23.3 Å². The van der Waals surface area contributed by atoms with Gasteiger partial charge in [-0.05, 0) is 91.3 Å². The van der Waals surface area contributed by atoms with E-state index in [-0.39, 0.29) is 11.8 Å². The number of rotatable bonds is 19. The number of H-pyrrole nitrogens is 2. The number of carboxylic acids is 2. The molecule has 0 unspecified atom stereocenters. The first kappa shape index (κ1) is 44.7. The van der Waals surface area contributed by atoms with E-state index in [4.69, 9.17) is 15.2 Å². The number of nitrogens with one attached hydrogen (secondary N) is 3. The molecule has 0 bridgehead atoms. The van der Waals surface area contributed by atoms with Crippen molar-refractivity contribution in [3.63, 3.8) is 0 Å². The van der Waals surface area contributed by atoms with Gasteiger partial charge in [0.15, 0.2) is 11.6 Å². The van der Waals surface area contributed by atoms with E-state index in [0.717, 1.165) is 47.5 Å². The highest BCUT2D eigenvalue weighted by Gasteiger charge is 2.34. The van der Waals surface area contributed by atoms with E-state index < -0.39 is 35.6 Å². The van der Waals surface area contributed by atoms with Crippen molar-refractivity contribution in [2.45, 2.75) is 84.6 Å². The van der Waals surface area contributed by atoms with Crippen molar-refractivity contribution < 1.29 is 29.3 Å². The van der Waals surface area contributed by atoms with Crippen molar-refractivity contribution in [3.8, 4) is 23.3 Å². The molecule has 0 fully saturated rings. The van der Waals surface area contributed by atoms with Gasteiger partial charge in [-0.3, -0.25) is 9.59 Å². The summed E-state index contributed by atoms with van der Waals surface area (Å²) in [5, 5.41) is 51.4. The minimum absolute atomic E-state index is 0.222. The highest BCUT2D eigenvalue weighted by molar-refractivity contribution is 5.71. The predicted molar refractivity (Wildman–Crippen MR) is 229 cm³/mol. The van der Waals surface area contributed by atoms with Gasteiger partial charge in [0, 0.05) is 60.7 Å². The first-order chi connectivity index (χ1) is 30.0. The van der Waals surface area contributed by atoms with E-state index in [1.807, 2.05) is 82.3 Å². The minimum atomic E-state index is -0.868. The van der Waals surface area contributed by atoms with Gasteiger partial charge in [-0.1, -0.05) is 68.5 Å². The summed E-state index contributed by atoms with van der Waals surface area (Å²) in [6, 6.07) is 20.8. The summed E-state index contributed by atoms with van der Waals surface area (Å²) in [7, 11) is 0. The molecule has 18 heteroatoms. The Morgan fingerprint density at radius 3 is 1.69 bits per heavy atom. The minimum Gasteiger partial charge on any atom is -0.481 e. The Morgan fingerprint density at radius 1 is 0.710 bits per heavy atom. The molecule has 7 N–H and O–H groups in total. The quantitative estimate of drug-likeness (QED) is 0.0493. The van der Waals surface area contributed by atoms with Crippen molar-refractivity contribution in [3.05, 3.63) is 113 Å². The lowest BCUT2D eigenvalue weighted by Gasteiger charge is -2.23. The molecule has 326 valence electrons. The summed E-state index contributed by atoms with van der Waals surface area (Å²) in [5.74, 6) is -0.121. The molecular weight excluding hydrogens is 793 g/mol. The van der Waals surface area contributed by atoms with E-state index in [1.54, 1.807) is 18.5 Å². The molecule has 4 atom stereocenters. The number of aromatic nitrogens is 10. The monoisotopic (exact) mass is 846 g/mol. The fraction of sp³-hybridized carbons (Fsp3) is 0.409. The van der Waals surface area contributed by atoms with Crippen LogP contribution in [0.25, 0.3) is 0 Å². The molecule has 62 heavy (non-hydrogen) atoms. The lowest BCUT2D eigenvalue weighted by molar-refractivity contribution is -0.144. The van der Waals surface area contributed by atoms with E-state index >= 15 is 0 Å². The maximum absolute atomic E-state index is 12.0. The zero-order valence-corrected chi connectivity index (χ0v) is 35.3. The Hall–Kier alpha value is -6.82. The number of hydrogen-bond acceptors (Lipinski definition) is 14. The second-order valence-electron chi connectivity index (χ2n) is 16.2. The van der Waals surface area contributed by atoms with Gasteiger partial charge >= 0.3 is 11.9 Å². The molecule has 0 amide bonds. The third-order valence-electron chi connectivity index (χ3n) is 10.6. The van der Waals surface area contributed by atoms with Crippen molar-refractivity contribution in [1.29, 1.82) is 0 Å². The molecule has 18 nitrogen and oxygen atoms in total. The smallest absolute Gasteiger partial charge is 0.307 e. The molecule has 0 aliphatic carbocycles. The van der Waals surface area contributed by atoms with Crippen LogP contribution in [0.3, 0.4) is 0 Å². The Labute approximate surface area is 359 Å². The number of aromatic amines is 2. The average molecular weight is 847 g/mol. The first-order valence-corrected chi connectivity index (χ1v) is 20.8. The summed E-state index contributed by atoms with van der Waals surface area (Å²) in [6.07, 6.45) is 7.37. The standard InChI is InChI=1S/C23H28N6O3.C21H26N6O3/c1-14(2)11-18(23(30)31)17(22-26-28-29-27-22)12-15-8-9-21(25-13-15)32-20-7-3-6-19-16(20)5-4-10-24-19;1-13(2)9-18(21(28)29)17(20-24-26-27-25-20)10-15-5-8-19(23-12-15)30-16-6-3-14(11-22)4-7-16/h3,6-9,13-14,17-18,24H,4-5,10-12H2,1-2H3,(H,30,31)(H,26,27,28,29);3-8,12-13,17-18H,9-11,22H2,1-2H3,(H,28,29)(H,24,25,26,27)/t2*17-,18-/m00/s1. The fourth-order valence-corrected chi connectivity index (χ4v) is 7.56. The number of nitrogens with two attached hydrogens (primary N) is 1. The van der Waals surface area contributed by atoms with Gasteiger partial charge in [-0.25, -0.2) is 9.97 Å². The maximum Gasteiger partial charge on any atom is 0.307 e. The molecule has 6 aromatic rings. The predicted octanol–water partition coefficient (Wildman–Crippen LogP) is 6.74. The van der Waals surface area contributed by atoms with Gasteiger partial charge in [0.1, 0.15) is 11.5 Å². The molecular formula is C44H54N12O6. The van der Waals surface area contributed by atoms with Crippen LogP contribution in [0.4, 0.5) is 5.69 Å². The van der Waals surface area contributed by atoms with Gasteiger partial charge in [-0.15, -0.1) is 20.4 Å². The molecule has 0 spiro atoms. The Balaban J connectivity index is 0.000000207. The second kappa shape index (κ2) is 21.6. The number of nitrogens with zero attached hydrogens (tertiary/aromatic N) is 8. The van der Waals surface area contributed by atoms with Crippen molar-refractivity contribution in [2.75, 3.05) is 11.9 Å². The zero-order chi connectivity index (χ0) is 44.0. The third-order valence-corrected chi connectivity index (χ3v) is 10.6. The van der Waals surface area contributed by atoms with Gasteiger partial charge in [0.05, 0.1) is 11.8 Å². The summed E-state index contributed by atoms with van der Waals surface area (Å²) in [6.45, 7) is 9.46. The number of benzene rings is 2. The lowest BCUT2D eigenvalue weighted by atomic mass is 9.81. The number of pyridine rings is 2. The highest BCUT2D eigenvalue weighted by atomic mass is 16.5. The molecule has 7 rings (SSSR count). The first-order valence-electron chi connectivity index (χ1n) is 20.8. The molecule has 1 aliphatic rings. The molecule has 5 heterocycles. The van der Waals surface area contributed by atoms with Crippen LogP contribution in [0.2, 0.25) is 0 Å². The Morgan fingerprint density at radius 2 is 1.24 bits per heavy atom. The van der Waals surface area contributed by atoms with Crippen molar-refractivity contribution >= 4 is 17.6 Å². The number of carboxylic acid groups (broad SMARTS) is 2. The number of aliphatic carboxylic acids is 2. The number of hydrogen-bond donors (Lipinski definition) is 6. The van der Waals surface area contributed by atoms with Crippen LogP contribution in [-0.4, -0.2) is 79.9 Å². The molecule has 2 aromatic carbocycles. The largest absolute Gasteiger partial charge is 0.481 e. The topological polar surface area (TPSA) is 266 Å². The van der Waals surface area contributed by atoms with Crippen LogP contribution in [0.15, 0.2) is 79.1 Å². The maximum atomic E-state index is 12.0. The SMILES string of the molecule is CC(C)C[C@H](C(=O)O)[C@H](Cc1ccc(Oc2ccc(CN)cc2)nc1)c1nn[nH]n1.CC(C)C[C@H](C(=O)O)[C@H](Cc1ccc(Oc2cccc3c2CCCN3)nc1)c1nn[nH]n1. The summed E-state index contributed by atoms with van der Waals surface area (Å²) < 4.78 is 11.8. The van der Waals surface area contributed by atoms with Gasteiger partial charge < -0.3 is 30.7 Å². The van der Waals surface area contributed by atoms with E-state index in [2.05, 4.69) is 62.6 Å². The number of carbonyl (C=O) groups is 2. The number of ether oxygens (including phenoxy) is 2. The van der Waals surface area contributed by atoms with Crippen molar-refractivity contribution in [2.24, 2.45) is 29.4 Å². The molecule has 0 saturated heterocycles. The average Bonchev–Trinajstić information content (AvgIpc) is 4.01. The zero-order valence-electron chi connectivity index (χ0n) is 35.3. The summed E-state index contributed by atoms with van der Waals surface area (Å²) in [4.78, 5) is 32.8. The van der Waals surface area contributed by atoms with E-state index in [1.165, 1.54) is 5.56 Å². The third kappa shape index (κ3) is 12.4. The molecule has 0 radical (unpaired) electrons. The van der Waals surface area contributed by atoms with Crippen LogP contribution in [-0.2, 0) is 35.4 Å². The second-order valence-corrected chi connectivity index (χ2v) is 16.2. The number of anilines is 1.